The van der Waals surface area contributed by atoms with Gasteiger partial charge in [0.05, 0.1) is 23.9 Å². The Morgan fingerprint density at radius 2 is 1.81 bits per heavy atom. The van der Waals surface area contributed by atoms with E-state index in [1.54, 1.807) is 24.1 Å². The number of likely N-dealkylation sites (N-methyl/N-ethyl adjacent to an activating group) is 1. The summed E-state index contributed by atoms with van der Waals surface area (Å²) in [5.41, 5.74) is 9.92. The SMILES string of the molecule is C=CC(=O)N1CC[C@H](C(=O)N(C)[C@H](C(=O)N[C@H]2Cc3cc(O)cc(c3)-c3ccc4c(c3)c(c(-c3cccnc3C(C)C)n4C)CC(C)(C)COC(=O)[C@@H]3CCCN(N3)C2=O)C(C)C)C1. The van der Waals surface area contributed by atoms with Crippen molar-refractivity contribution in [2.75, 3.05) is 33.3 Å². The Morgan fingerprint density at radius 3 is 2.53 bits per heavy atom. The lowest BCUT2D eigenvalue weighted by Crippen LogP contribution is -2.62. The fourth-order valence-electron chi connectivity index (χ4n) is 9.79. The lowest BCUT2D eigenvalue weighted by atomic mass is 9.83. The number of phenols is 1. The van der Waals surface area contributed by atoms with Crippen molar-refractivity contribution < 1.29 is 33.8 Å². The van der Waals surface area contributed by atoms with Gasteiger partial charge in [-0.15, -0.1) is 0 Å². The molecule has 4 amide bonds. The average molecular weight is 874 g/mol. The predicted octanol–water partition coefficient (Wildman–Crippen LogP) is 5.90. The highest BCUT2D eigenvalue weighted by Crippen LogP contribution is 2.41. The summed E-state index contributed by atoms with van der Waals surface area (Å²) in [6, 6.07) is 12.6. The third-order valence-electron chi connectivity index (χ3n) is 13.0. The molecule has 0 radical (unpaired) electrons. The highest BCUT2D eigenvalue weighted by molar-refractivity contribution is 5.96. The molecule has 14 heteroatoms. The topological polar surface area (TPSA) is 166 Å². The number of nitrogens with one attached hydrogen (secondary N) is 2. The highest BCUT2D eigenvalue weighted by Gasteiger charge is 2.40. The molecule has 4 atom stereocenters. The Hall–Kier alpha value is -6.02. The molecule has 64 heavy (non-hydrogen) atoms. The fourth-order valence-corrected chi connectivity index (χ4v) is 9.79. The molecule has 6 bridgehead atoms. The number of hydrazine groups is 1. The van der Waals surface area contributed by atoms with Gasteiger partial charge in [0.25, 0.3) is 5.91 Å². The molecule has 0 unspecified atom stereocenters. The summed E-state index contributed by atoms with van der Waals surface area (Å²) in [6.07, 6.45) is 5.05. The number of aryl methyl sites for hydroxylation is 1. The van der Waals surface area contributed by atoms with Crippen LogP contribution in [-0.2, 0) is 48.6 Å². The van der Waals surface area contributed by atoms with Crippen LogP contribution in [-0.4, -0.2) is 110 Å². The van der Waals surface area contributed by atoms with Crippen molar-refractivity contribution in [3.05, 3.63) is 84.2 Å². The normalized spacial score (nSPS) is 20.8. The van der Waals surface area contributed by atoms with Gasteiger partial charge in [0, 0.05) is 68.2 Å². The molecule has 2 aromatic carbocycles. The number of hydrogen-bond acceptors (Lipinski definition) is 9. The van der Waals surface area contributed by atoms with Crippen LogP contribution in [0.3, 0.4) is 0 Å². The first-order valence-electron chi connectivity index (χ1n) is 22.5. The fraction of sp³-hybridized carbons (Fsp3) is 0.480. The van der Waals surface area contributed by atoms with Crippen LogP contribution in [0.4, 0.5) is 0 Å². The average Bonchev–Trinajstić information content (AvgIpc) is 3.86. The van der Waals surface area contributed by atoms with E-state index < -0.39 is 47.2 Å². The van der Waals surface area contributed by atoms with Crippen molar-refractivity contribution >= 4 is 40.5 Å². The van der Waals surface area contributed by atoms with E-state index >= 15 is 0 Å². The predicted molar refractivity (Wildman–Crippen MR) is 246 cm³/mol. The Labute approximate surface area is 376 Å². The number of aromatic hydroxyl groups is 1. The summed E-state index contributed by atoms with van der Waals surface area (Å²) in [4.78, 5) is 77.0. The molecule has 2 fully saturated rings. The second kappa shape index (κ2) is 18.6. The standard InChI is InChI=1S/C50H63N7O7/c1-10-42(59)56-20-17-33(27-56)47(61)55(9)44(30(4)5)46(60)52-40-23-31-21-34(24-35(58)22-31)32-15-16-41-37(25-32)38(45(54(41)8)36-13-11-18-51-43(36)29(2)3)26-50(6,7)28-64-49(63)39-14-12-19-57(53-39)48(40)62/h10-11,13,15-16,18,21-22,24-25,29-30,33,39-40,44,53,58H,1,12,14,17,19-20,23,26-28H2,2-9H3,(H,52,60)/t33-,39-,40-,44-/m0/s1. The molecule has 4 aromatic rings. The van der Waals surface area contributed by atoms with Gasteiger partial charge in [0.1, 0.15) is 23.9 Å². The van der Waals surface area contributed by atoms with E-state index in [1.807, 2.05) is 38.2 Å². The molecule has 3 N–H and O–H groups in total. The first-order chi connectivity index (χ1) is 30.4. The molecule has 5 heterocycles. The van der Waals surface area contributed by atoms with E-state index in [9.17, 15) is 29.1 Å². The van der Waals surface area contributed by atoms with E-state index in [0.29, 0.717) is 37.8 Å². The third kappa shape index (κ3) is 9.43. The van der Waals surface area contributed by atoms with Gasteiger partial charge in [0.2, 0.25) is 17.7 Å². The molecular weight excluding hydrogens is 811 g/mol. The number of aromatic nitrogens is 2. The maximum absolute atomic E-state index is 14.7. The van der Waals surface area contributed by atoms with Crippen LogP contribution in [0.5, 0.6) is 5.75 Å². The molecule has 7 rings (SSSR count). The number of likely N-dealkylation sites (tertiary alicyclic amines) is 1. The van der Waals surface area contributed by atoms with Gasteiger partial charge in [-0.05, 0) is 102 Å². The number of rotatable bonds is 8. The number of cyclic esters (lactones) is 1. The van der Waals surface area contributed by atoms with Crippen molar-refractivity contribution in [3.8, 4) is 28.1 Å². The number of fused-ring (bicyclic) bond motifs is 6. The molecule has 0 spiro atoms. The quantitative estimate of drug-likeness (QED) is 0.144. The first-order valence-corrected chi connectivity index (χ1v) is 22.5. The van der Waals surface area contributed by atoms with Crippen molar-refractivity contribution in [1.29, 1.82) is 0 Å². The molecule has 3 aliphatic rings. The smallest absolute Gasteiger partial charge is 0.324 e. The van der Waals surface area contributed by atoms with Crippen LogP contribution in [0.2, 0.25) is 0 Å². The largest absolute Gasteiger partial charge is 0.508 e. The summed E-state index contributed by atoms with van der Waals surface area (Å²) >= 11 is 0. The van der Waals surface area contributed by atoms with E-state index in [4.69, 9.17) is 9.72 Å². The number of hydrogen-bond donors (Lipinski definition) is 3. The summed E-state index contributed by atoms with van der Waals surface area (Å²) in [5, 5.41) is 16.7. The molecule has 340 valence electrons. The zero-order valence-corrected chi connectivity index (χ0v) is 38.4. The van der Waals surface area contributed by atoms with Crippen molar-refractivity contribution in [2.45, 2.75) is 97.7 Å². The summed E-state index contributed by atoms with van der Waals surface area (Å²) in [5.74, 6) is -2.65. The minimum Gasteiger partial charge on any atom is -0.508 e. The molecule has 0 aliphatic carbocycles. The van der Waals surface area contributed by atoms with E-state index in [2.05, 4.69) is 74.8 Å². The molecule has 0 saturated carbocycles. The number of carbonyl (C=O) groups excluding carboxylic acids is 5. The first kappa shape index (κ1) is 46.0. The van der Waals surface area contributed by atoms with Crippen molar-refractivity contribution in [1.82, 2.24) is 35.1 Å². The zero-order chi connectivity index (χ0) is 46.2. The Bertz CT molecular complexity index is 2470. The number of benzene rings is 2. The van der Waals surface area contributed by atoms with Gasteiger partial charge in [0.15, 0.2) is 0 Å². The second-order valence-corrected chi connectivity index (χ2v) is 19.2. The maximum atomic E-state index is 14.7. The van der Waals surface area contributed by atoms with Crippen LogP contribution < -0.4 is 10.7 Å². The third-order valence-corrected chi connectivity index (χ3v) is 13.0. The van der Waals surface area contributed by atoms with Crippen LogP contribution in [0.25, 0.3) is 33.3 Å². The lowest BCUT2D eigenvalue weighted by Gasteiger charge is -2.37. The van der Waals surface area contributed by atoms with Crippen LogP contribution in [0.15, 0.2) is 67.4 Å². The minimum absolute atomic E-state index is 0.000846. The zero-order valence-electron chi connectivity index (χ0n) is 38.4. The molecule has 3 aliphatic heterocycles. The summed E-state index contributed by atoms with van der Waals surface area (Å²) in [7, 11) is 3.64. The Balaban J connectivity index is 1.29. The van der Waals surface area contributed by atoms with Gasteiger partial charge < -0.3 is 29.5 Å². The summed E-state index contributed by atoms with van der Waals surface area (Å²) in [6.45, 7) is 16.7. The number of ether oxygens (including phenoxy) is 1. The van der Waals surface area contributed by atoms with Crippen LogP contribution in [0.1, 0.15) is 83.5 Å². The van der Waals surface area contributed by atoms with Crippen LogP contribution >= 0.6 is 0 Å². The number of esters is 1. The van der Waals surface area contributed by atoms with Crippen LogP contribution in [0, 0.1) is 17.3 Å². The number of amides is 4. The molecular formula is C50H63N7O7. The van der Waals surface area contributed by atoms with E-state index in [1.165, 1.54) is 16.0 Å². The number of phenolic OH excluding ortho intramolecular Hbond substituents is 1. The Kier molecular flexibility index (Phi) is 13.4. The van der Waals surface area contributed by atoms with E-state index in [-0.39, 0.29) is 55.5 Å². The minimum atomic E-state index is -1.15. The Morgan fingerprint density at radius 1 is 1.05 bits per heavy atom. The number of pyridine rings is 1. The number of nitrogens with zero attached hydrogens (tertiary/aromatic N) is 5. The van der Waals surface area contributed by atoms with Gasteiger partial charge >= 0.3 is 5.97 Å². The van der Waals surface area contributed by atoms with Gasteiger partial charge in [-0.2, -0.15) is 0 Å². The molecule has 14 nitrogen and oxygen atoms in total. The van der Waals surface area contributed by atoms with Gasteiger partial charge in [-0.3, -0.25) is 34.0 Å². The number of carbonyl (C=O) groups is 5. The summed E-state index contributed by atoms with van der Waals surface area (Å²) < 4.78 is 8.29. The van der Waals surface area contributed by atoms with Crippen molar-refractivity contribution in [3.63, 3.8) is 0 Å². The highest BCUT2D eigenvalue weighted by atomic mass is 16.5. The molecule has 2 saturated heterocycles. The maximum Gasteiger partial charge on any atom is 0.324 e. The van der Waals surface area contributed by atoms with Gasteiger partial charge in [-0.25, -0.2) is 5.43 Å². The van der Waals surface area contributed by atoms with E-state index in [0.717, 1.165) is 44.5 Å². The second-order valence-electron chi connectivity index (χ2n) is 19.2. The monoisotopic (exact) mass is 873 g/mol. The van der Waals surface area contributed by atoms with Crippen molar-refractivity contribution in [2.24, 2.45) is 24.3 Å². The molecule has 2 aromatic heterocycles. The van der Waals surface area contributed by atoms with Gasteiger partial charge in [-0.1, -0.05) is 60.3 Å². The lowest BCUT2D eigenvalue weighted by molar-refractivity contribution is -0.155.